The summed E-state index contributed by atoms with van der Waals surface area (Å²) in [5.74, 6) is 0.624. The Morgan fingerprint density at radius 3 is 3.00 bits per heavy atom. The Morgan fingerprint density at radius 1 is 1.42 bits per heavy atom. The zero-order valence-electron chi connectivity index (χ0n) is 11.2. The highest BCUT2D eigenvalue weighted by Crippen LogP contribution is 2.23. The third kappa shape index (κ3) is 3.38. The molecule has 5 heteroatoms. The molecule has 0 atom stereocenters. The molecule has 5 nitrogen and oxygen atoms in total. The van der Waals surface area contributed by atoms with Crippen LogP contribution >= 0.6 is 0 Å². The number of rotatable bonds is 3. The SMILES string of the molecule is CCOc1ccc(C(=O)N2CCCOCC2)cc1N. The highest BCUT2D eigenvalue weighted by molar-refractivity contribution is 5.95. The number of benzene rings is 1. The molecular weight excluding hydrogens is 244 g/mol. The van der Waals surface area contributed by atoms with Crippen LogP contribution in [0.4, 0.5) is 5.69 Å². The third-order valence-electron chi connectivity index (χ3n) is 3.07. The molecule has 104 valence electrons. The van der Waals surface area contributed by atoms with Gasteiger partial charge in [-0.1, -0.05) is 0 Å². The highest BCUT2D eigenvalue weighted by Gasteiger charge is 2.18. The number of nitrogens with two attached hydrogens (primary N) is 1. The van der Waals surface area contributed by atoms with Crippen LogP contribution in [-0.4, -0.2) is 43.7 Å². The lowest BCUT2D eigenvalue weighted by atomic mass is 10.1. The van der Waals surface area contributed by atoms with Gasteiger partial charge in [0.25, 0.3) is 5.91 Å². The van der Waals surface area contributed by atoms with E-state index in [0.29, 0.717) is 36.8 Å². The summed E-state index contributed by atoms with van der Waals surface area (Å²) < 4.78 is 10.7. The average Bonchev–Trinajstić information content (AvgIpc) is 2.69. The van der Waals surface area contributed by atoms with E-state index >= 15 is 0 Å². The maximum absolute atomic E-state index is 12.3. The molecule has 0 aliphatic carbocycles. The Bertz CT molecular complexity index is 440. The Morgan fingerprint density at radius 2 is 2.26 bits per heavy atom. The molecule has 0 unspecified atom stereocenters. The lowest BCUT2D eigenvalue weighted by molar-refractivity contribution is 0.0741. The van der Waals surface area contributed by atoms with Gasteiger partial charge in [-0.05, 0) is 31.5 Å². The van der Waals surface area contributed by atoms with Crippen LogP contribution in [0, 0.1) is 0 Å². The number of hydrogen-bond donors (Lipinski definition) is 1. The topological polar surface area (TPSA) is 64.8 Å². The first-order valence-corrected chi connectivity index (χ1v) is 6.61. The summed E-state index contributed by atoms with van der Waals surface area (Å²) in [6, 6.07) is 5.19. The van der Waals surface area contributed by atoms with Crippen molar-refractivity contribution in [1.29, 1.82) is 0 Å². The number of hydrogen-bond acceptors (Lipinski definition) is 4. The summed E-state index contributed by atoms with van der Waals surface area (Å²) in [7, 11) is 0. The van der Waals surface area contributed by atoms with Crippen LogP contribution < -0.4 is 10.5 Å². The van der Waals surface area contributed by atoms with Crippen molar-refractivity contribution in [2.45, 2.75) is 13.3 Å². The van der Waals surface area contributed by atoms with Gasteiger partial charge in [0.05, 0.1) is 18.9 Å². The van der Waals surface area contributed by atoms with Gasteiger partial charge in [-0.2, -0.15) is 0 Å². The van der Waals surface area contributed by atoms with Gasteiger partial charge in [0.1, 0.15) is 5.75 Å². The molecule has 2 rings (SSSR count). The van der Waals surface area contributed by atoms with Crippen molar-refractivity contribution in [3.63, 3.8) is 0 Å². The monoisotopic (exact) mass is 264 g/mol. The molecule has 1 amide bonds. The number of amides is 1. The van der Waals surface area contributed by atoms with Gasteiger partial charge < -0.3 is 20.1 Å². The van der Waals surface area contributed by atoms with E-state index in [2.05, 4.69) is 0 Å². The van der Waals surface area contributed by atoms with E-state index in [4.69, 9.17) is 15.2 Å². The van der Waals surface area contributed by atoms with Crippen LogP contribution in [0.5, 0.6) is 5.75 Å². The van der Waals surface area contributed by atoms with Crippen molar-refractivity contribution < 1.29 is 14.3 Å². The smallest absolute Gasteiger partial charge is 0.254 e. The molecule has 0 bridgehead atoms. The molecule has 0 radical (unpaired) electrons. The van der Waals surface area contributed by atoms with E-state index in [9.17, 15) is 4.79 Å². The van der Waals surface area contributed by atoms with E-state index in [1.54, 1.807) is 18.2 Å². The van der Waals surface area contributed by atoms with Crippen molar-refractivity contribution >= 4 is 11.6 Å². The van der Waals surface area contributed by atoms with E-state index in [-0.39, 0.29) is 5.91 Å². The van der Waals surface area contributed by atoms with Gasteiger partial charge in [-0.25, -0.2) is 0 Å². The molecule has 19 heavy (non-hydrogen) atoms. The summed E-state index contributed by atoms with van der Waals surface area (Å²) in [5.41, 5.74) is 6.98. The first kappa shape index (κ1) is 13.7. The molecule has 1 aromatic rings. The maximum Gasteiger partial charge on any atom is 0.254 e. The van der Waals surface area contributed by atoms with Crippen molar-refractivity contribution in [3.05, 3.63) is 23.8 Å². The number of carbonyl (C=O) groups excluding carboxylic acids is 1. The minimum Gasteiger partial charge on any atom is -0.492 e. The fourth-order valence-corrected chi connectivity index (χ4v) is 2.10. The molecule has 1 aliphatic rings. The summed E-state index contributed by atoms with van der Waals surface area (Å²) in [4.78, 5) is 14.2. The van der Waals surface area contributed by atoms with Crippen LogP contribution in [-0.2, 0) is 4.74 Å². The van der Waals surface area contributed by atoms with Gasteiger partial charge in [0.15, 0.2) is 0 Å². The second kappa shape index (κ2) is 6.43. The summed E-state index contributed by atoms with van der Waals surface area (Å²) in [6.45, 7) is 5.13. The van der Waals surface area contributed by atoms with Crippen LogP contribution in [0.15, 0.2) is 18.2 Å². The number of nitrogen functional groups attached to an aromatic ring is 1. The minimum atomic E-state index is 0.000230. The van der Waals surface area contributed by atoms with Gasteiger partial charge in [0, 0.05) is 25.3 Å². The predicted octanol–water partition coefficient (Wildman–Crippen LogP) is 1.53. The van der Waals surface area contributed by atoms with Gasteiger partial charge in [-0.3, -0.25) is 4.79 Å². The first-order chi connectivity index (χ1) is 9.22. The molecule has 0 saturated carbocycles. The van der Waals surface area contributed by atoms with Gasteiger partial charge in [-0.15, -0.1) is 0 Å². The van der Waals surface area contributed by atoms with Crippen molar-refractivity contribution in [3.8, 4) is 5.75 Å². The van der Waals surface area contributed by atoms with Crippen LogP contribution in [0.3, 0.4) is 0 Å². The van der Waals surface area contributed by atoms with Crippen molar-refractivity contribution in [2.75, 3.05) is 38.6 Å². The Kier molecular flexibility index (Phi) is 4.63. The molecule has 1 aromatic carbocycles. The second-order valence-corrected chi connectivity index (χ2v) is 4.44. The van der Waals surface area contributed by atoms with E-state index < -0.39 is 0 Å². The molecule has 1 aliphatic heterocycles. The summed E-state index contributed by atoms with van der Waals surface area (Å²) >= 11 is 0. The first-order valence-electron chi connectivity index (χ1n) is 6.61. The standard InChI is InChI=1S/C14H20N2O3/c1-2-19-13-5-4-11(10-12(13)15)14(17)16-6-3-8-18-9-7-16/h4-5,10H,2-3,6-9,15H2,1H3. The number of ether oxygens (including phenoxy) is 2. The number of nitrogens with zero attached hydrogens (tertiary/aromatic N) is 1. The fraction of sp³-hybridized carbons (Fsp3) is 0.500. The van der Waals surface area contributed by atoms with Gasteiger partial charge in [0.2, 0.25) is 0 Å². The predicted molar refractivity (Wildman–Crippen MR) is 73.4 cm³/mol. The van der Waals surface area contributed by atoms with Gasteiger partial charge >= 0.3 is 0 Å². The number of carbonyl (C=O) groups is 1. The lowest BCUT2D eigenvalue weighted by Crippen LogP contribution is -2.33. The van der Waals surface area contributed by atoms with Crippen molar-refractivity contribution in [2.24, 2.45) is 0 Å². The summed E-state index contributed by atoms with van der Waals surface area (Å²) in [5, 5.41) is 0. The molecule has 1 heterocycles. The van der Waals surface area contributed by atoms with E-state index in [1.165, 1.54) is 0 Å². The number of anilines is 1. The quantitative estimate of drug-likeness (QED) is 0.841. The summed E-state index contributed by atoms with van der Waals surface area (Å²) in [6.07, 6.45) is 0.873. The van der Waals surface area contributed by atoms with Crippen molar-refractivity contribution in [1.82, 2.24) is 4.90 Å². The van der Waals surface area contributed by atoms with E-state index in [0.717, 1.165) is 19.6 Å². The molecule has 0 aromatic heterocycles. The molecular formula is C14H20N2O3. The molecule has 2 N–H and O–H groups in total. The Labute approximate surface area is 113 Å². The Hall–Kier alpha value is -1.75. The third-order valence-corrected chi connectivity index (χ3v) is 3.07. The molecule has 1 fully saturated rings. The van der Waals surface area contributed by atoms with Crippen LogP contribution in [0.2, 0.25) is 0 Å². The lowest BCUT2D eigenvalue weighted by Gasteiger charge is -2.20. The Balaban J connectivity index is 2.12. The minimum absolute atomic E-state index is 0.000230. The average molecular weight is 264 g/mol. The second-order valence-electron chi connectivity index (χ2n) is 4.44. The fourth-order valence-electron chi connectivity index (χ4n) is 2.10. The molecule has 0 spiro atoms. The zero-order chi connectivity index (χ0) is 13.7. The van der Waals surface area contributed by atoms with E-state index in [1.807, 2.05) is 11.8 Å². The maximum atomic E-state index is 12.3. The normalized spacial score (nSPS) is 15.9. The highest BCUT2D eigenvalue weighted by atomic mass is 16.5. The largest absolute Gasteiger partial charge is 0.492 e. The van der Waals surface area contributed by atoms with Crippen LogP contribution in [0.1, 0.15) is 23.7 Å². The van der Waals surface area contributed by atoms with Crippen LogP contribution in [0.25, 0.3) is 0 Å². The molecule has 1 saturated heterocycles. The zero-order valence-corrected chi connectivity index (χ0v) is 11.2.